The van der Waals surface area contributed by atoms with Crippen molar-refractivity contribution in [1.82, 2.24) is 0 Å². The normalized spacial score (nSPS) is 20.9. The largest absolute Gasteiger partial charge is 0.489 e. The van der Waals surface area contributed by atoms with Crippen molar-refractivity contribution < 1.29 is 27.0 Å². The molecular weight excluding hydrogens is 390 g/mol. The highest BCUT2D eigenvalue weighted by Crippen LogP contribution is 2.47. The molecule has 2 atom stereocenters. The number of sulfone groups is 1. The number of fused-ring (bicyclic) bond motifs is 2. The molecule has 0 amide bonds. The zero-order chi connectivity index (χ0) is 20.2. The molecule has 2 aromatic rings. The topological polar surface area (TPSA) is 90.6 Å². The molecule has 4 rings (SSSR count). The second kappa shape index (κ2) is 6.43. The van der Waals surface area contributed by atoms with E-state index in [9.17, 15) is 27.6 Å². The summed E-state index contributed by atoms with van der Waals surface area (Å²) >= 11 is 0. The molecule has 0 unspecified atom stereocenters. The van der Waals surface area contributed by atoms with Crippen LogP contribution in [0.3, 0.4) is 0 Å². The summed E-state index contributed by atoms with van der Waals surface area (Å²) in [5.74, 6) is -0.437. The zero-order valence-electron chi connectivity index (χ0n) is 14.8. The Hall–Kier alpha value is -2.70. The van der Waals surface area contributed by atoms with Crippen molar-refractivity contribution >= 4 is 21.2 Å². The number of hydrogen-bond acceptors (Lipinski definition) is 6. The smallest absolute Gasteiger partial charge is 0.175 e. The van der Waals surface area contributed by atoms with Gasteiger partial charge in [-0.1, -0.05) is 0 Å². The van der Waals surface area contributed by atoms with Crippen LogP contribution in [0.15, 0.2) is 29.2 Å². The number of alkyl halides is 1. The third-order valence-corrected chi connectivity index (χ3v) is 6.18. The maximum absolute atomic E-state index is 14.3. The summed E-state index contributed by atoms with van der Waals surface area (Å²) in [6, 6.07) is 7.04. The summed E-state index contributed by atoms with van der Waals surface area (Å²) in [7, 11) is -3.68. The first kappa shape index (κ1) is 18.7. The van der Waals surface area contributed by atoms with Gasteiger partial charge in [0.05, 0.1) is 17.0 Å². The lowest BCUT2D eigenvalue weighted by Crippen LogP contribution is -2.30. The van der Waals surface area contributed by atoms with E-state index in [2.05, 4.69) is 0 Å². The quantitative estimate of drug-likeness (QED) is 0.824. The maximum atomic E-state index is 14.3. The highest BCUT2D eigenvalue weighted by Gasteiger charge is 2.39. The molecule has 0 bridgehead atoms. The van der Waals surface area contributed by atoms with Crippen LogP contribution in [-0.4, -0.2) is 39.1 Å². The van der Waals surface area contributed by atoms with Crippen molar-refractivity contribution in [1.29, 1.82) is 5.26 Å². The first-order chi connectivity index (χ1) is 13.2. The summed E-state index contributed by atoms with van der Waals surface area (Å²) in [5.41, 5.74) is 1.26. The van der Waals surface area contributed by atoms with E-state index in [1.807, 2.05) is 6.07 Å². The van der Waals surface area contributed by atoms with E-state index in [4.69, 9.17) is 4.74 Å². The van der Waals surface area contributed by atoms with Crippen LogP contribution in [0.5, 0.6) is 5.75 Å². The molecule has 0 fully saturated rings. The van der Waals surface area contributed by atoms with Crippen molar-refractivity contribution in [3.8, 4) is 11.8 Å². The zero-order valence-corrected chi connectivity index (χ0v) is 15.6. The number of rotatable bonds is 2. The number of aliphatic hydroxyl groups is 1. The molecule has 1 heterocycles. The molecule has 1 aliphatic heterocycles. The van der Waals surface area contributed by atoms with Gasteiger partial charge in [0, 0.05) is 30.0 Å². The van der Waals surface area contributed by atoms with Crippen LogP contribution in [-0.2, 0) is 16.3 Å². The maximum Gasteiger partial charge on any atom is 0.175 e. The van der Waals surface area contributed by atoms with Crippen LogP contribution < -0.4 is 9.64 Å². The van der Waals surface area contributed by atoms with E-state index < -0.39 is 27.9 Å². The SMILES string of the molecule is CS(=O)(=O)c1ccc(N2CCOc3cc(F)cc(C#N)c32)c2c1[C@H](O)[C@H](F)C2. The Morgan fingerprint density at radius 2 is 2.11 bits per heavy atom. The predicted molar refractivity (Wildman–Crippen MR) is 96.7 cm³/mol. The van der Waals surface area contributed by atoms with Crippen molar-refractivity contribution in [2.75, 3.05) is 24.3 Å². The standard InChI is InChI=1S/C19H16F2N2O4S/c1-28(25,26)16-3-2-14(12-8-13(21)19(24)17(12)16)23-4-5-27-15-7-11(20)6-10(9-22)18(15)23/h2-3,6-7,13,19,24H,4-5,8H2,1H3/t13-,19-/m1/s1. The second-order valence-corrected chi connectivity index (χ2v) is 8.81. The minimum absolute atomic E-state index is 0.0427. The van der Waals surface area contributed by atoms with Gasteiger partial charge in [0.1, 0.15) is 42.2 Å². The number of ether oxygens (including phenoxy) is 1. The molecule has 0 spiro atoms. The Morgan fingerprint density at radius 1 is 1.36 bits per heavy atom. The Balaban J connectivity index is 1.96. The van der Waals surface area contributed by atoms with Crippen molar-refractivity contribution in [3.63, 3.8) is 0 Å². The highest BCUT2D eigenvalue weighted by atomic mass is 32.2. The van der Waals surface area contributed by atoms with Crippen molar-refractivity contribution in [2.24, 2.45) is 0 Å². The van der Waals surface area contributed by atoms with Gasteiger partial charge in [-0.25, -0.2) is 17.2 Å². The highest BCUT2D eigenvalue weighted by molar-refractivity contribution is 7.90. The summed E-state index contributed by atoms with van der Waals surface area (Å²) in [5, 5.41) is 19.7. The predicted octanol–water partition coefficient (Wildman–Crippen LogP) is 2.56. The third-order valence-electron chi connectivity index (χ3n) is 5.02. The molecular formula is C19H16F2N2O4S. The van der Waals surface area contributed by atoms with Crippen LogP contribution in [0.4, 0.5) is 20.2 Å². The Kier molecular flexibility index (Phi) is 4.28. The summed E-state index contributed by atoms with van der Waals surface area (Å²) in [6.07, 6.45) is -2.35. The van der Waals surface area contributed by atoms with E-state index in [1.165, 1.54) is 18.2 Å². The number of benzene rings is 2. The number of nitrogens with zero attached hydrogens (tertiary/aromatic N) is 2. The lowest BCUT2D eigenvalue weighted by atomic mass is 10.0. The lowest BCUT2D eigenvalue weighted by molar-refractivity contribution is 0.0907. The molecule has 0 saturated heterocycles. The first-order valence-electron chi connectivity index (χ1n) is 8.54. The monoisotopic (exact) mass is 406 g/mol. The molecule has 0 saturated carbocycles. The van der Waals surface area contributed by atoms with E-state index in [-0.39, 0.29) is 34.8 Å². The van der Waals surface area contributed by atoms with Gasteiger partial charge in [0.15, 0.2) is 9.84 Å². The molecule has 0 aromatic heterocycles. The van der Waals surface area contributed by atoms with Gasteiger partial charge in [0.25, 0.3) is 0 Å². The van der Waals surface area contributed by atoms with Gasteiger partial charge in [0.2, 0.25) is 0 Å². The van der Waals surface area contributed by atoms with Crippen LogP contribution >= 0.6 is 0 Å². The van der Waals surface area contributed by atoms with Gasteiger partial charge in [-0.15, -0.1) is 0 Å². The molecule has 1 N–H and O–H groups in total. The third kappa shape index (κ3) is 2.80. The molecule has 2 aliphatic rings. The molecule has 6 nitrogen and oxygen atoms in total. The molecule has 28 heavy (non-hydrogen) atoms. The van der Waals surface area contributed by atoms with Gasteiger partial charge in [-0.05, 0) is 23.8 Å². The fraction of sp³-hybridized carbons (Fsp3) is 0.316. The average molecular weight is 406 g/mol. The van der Waals surface area contributed by atoms with E-state index in [0.29, 0.717) is 23.5 Å². The Bertz CT molecular complexity index is 1130. The van der Waals surface area contributed by atoms with Gasteiger partial charge < -0.3 is 14.7 Å². The van der Waals surface area contributed by atoms with Gasteiger partial charge in [-0.3, -0.25) is 0 Å². The van der Waals surface area contributed by atoms with Gasteiger partial charge >= 0.3 is 0 Å². The second-order valence-electron chi connectivity index (χ2n) is 6.82. The summed E-state index contributed by atoms with van der Waals surface area (Å²) in [4.78, 5) is 1.57. The van der Waals surface area contributed by atoms with Gasteiger partial charge in [-0.2, -0.15) is 5.26 Å². The minimum atomic E-state index is -3.68. The average Bonchev–Trinajstić information content (AvgIpc) is 2.93. The van der Waals surface area contributed by atoms with Crippen LogP contribution in [0, 0.1) is 17.1 Å². The minimum Gasteiger partial charge on any atom is -0.489 e. The van der Waals surface area contributed by atoms with E-state index in [0.717, 1.165) is 12.3 Å². The number of aliphatic hydroxyl groups excluding tert-OH is 1. The number of hydrogen-bond donors (Lipinski definition) is 1. The Morgan fingerprint density at radius 3 is 2.79 bits per heavy atom. The molecule has 1 aliphatic carbocycles. The number of nitriles is 1. The van der Waals surface area contributed by atoms with Crippen molar-refractivity contribution in [3.05, 3.63) is 46.8 Å². The van der Waals surface area contributed by atoms with Crippen LogP contribution in [0.2, 0.25) is 0 Å². The molecule has 0 radical (unpaired) electrons. The summed E-state index contributed by atoms with van der Waals surface area (Å²) in [6.45, 7) is 0.497. The molecule has 146 valence electrons. The van der Waals surface area contributed by atoms with Crippen LogP contribution in [0.1, 0.15) is 22.8 Å². The number of anilines is 2. The van der Waals surface area contributed by atoms with E-state index in [1.54, 1.807) is 4.90 Å². The van der Waals surface area contributed by atoms with Crippen LogP contribution in [0.25, 0.3) is 0 Å². The Labute approximate surface area is 160 Å². The summed E-state index contributed by atoms with van der Waals surface area (Å²) < 4.78 is 57.8. The fourth-order valence-corrected chi connectivity index (χ4v) is 4.84. The van der Waals surface area contributed by atoms with Crippen molar-refractivity contribution in [2.45, 2.75) is 23.6 Å². The lowest BCUT2D eigenvalue weighted by Gasteiger charge is -2.33. The molecule has 9 heteroatoms. The van der Waals surface area contributed by atoms with E-state index >= 15 is 0 Å². The first-order valence-corrected chi connectivity index (χ1v) is 10.4. The molecule has 2 aromatic carbocycles. The fourth-order valence-electron chi connectivity index (χ4n) is 3.88. The number of halogens is 2.